The zero-order chi connectivity index (χ0) is 23.2. The predicted molar refractivity (Wildman–Crippen MR) is 113 cm³/mol. The molecule has 3 aliphatic rings. The van der Waals surface area contributed by atoms with Crippen LogP contribution in [-0.4, -0.2) is 35.7 Å². The van der Waals surface area contributed by atoms with Crippen LogP contribution in [0, 0.1) is 23.2 Å². The SMILES string of the molecule is C=C1C(=O)O[C@@H]2C3=C(C)[C@@H](OC(=O)c4ccc(C#N)cc4)CC3[C@](C)(OC(C)=O)CC[C@@H]12. The molecular weight excluding hydrogens is 410 g/mol. The molecule has 2 fully saturated rings. The van der Waals surface area contributed by atoms with E-state index in [9.17, 15) is 14.4 Å². The van der Waals surface area contributed by atoms with E-state index < -0.39 is 29.7 Å². The Morgan fingerprint density at radius 1 is 1.28 bits per heavy atom. The van der Waals surface area contributed by atoms with Crippen molar-refractivity contribution in [1.29, 1.82) is 5.26 Å². The quantitative estimate of drug-likeness (QED) is 0.309. The summed E-state index contributed by atoms with van der Waals surface area (Å²) in [5.41, 5.74) is 2.09. The zero-order valence-corrected chi connectivity index (χ0v) is 18.3. The van der Waals surface area contributed by atoms with Crippen molar-refractivity contribution in [3.05, 3.63) is 58.7 Å². The standard InChI is InChI=1S/C25H25NO6/c1-13-18-9-10-25(4,32-15(3)27)19-11-20(14(2)21(19)22(18)31-23(13)28)30-24(29)17-7-5-16(12-26)6-8-17/h5-8,18-20,22H,1,9-11H2,2-4H3/t18-,19?,20-,22-,25+/m0/s1. The van der Waals surface area contributed by atoms with Gasteiger partial charge < -0.3 is 14.2 Å². The van der Waals surface area contributed by atoms with Crippen LogP contribution in [0.2, 0.25) is 0 Å². The van der Waals surface area contributed by atoms with E-state index in [0.717, 1.165) is 11.1 Å². The molecule has 1 saturated heterocycles. The maximum Gasteiger partial charge on any atom is 0.338 e. The van der Waals surface area contributed by atoms with Gasteiger partial charge in [-0.3, -0.25) is 4.79 Å². The summed E-state index contributed by atoms with van der Waals surface area (Å²) in [5, 5.41) is 8.95. The largest absolute Gasteiger partial charge is 0.459 e. The molecule has 0 radical (unpaired) electrons. The van der Waals surface area contributed by atoms with E-state index in [-0.39, 0.29) is 17.8 Å². The fourth-order valence-electron chi connectivity index (χ4n) is 5.27. The number of esters is 3. The maximum absolute atomic E-state index is 12.8. The molecule has 1 aromatic carbocycles. The molecule has 0 aromatic heterocycles. The van der Waals surface area contributed by atoms with Gasteiger partial charge in [-0.1, -0.05) is 6.58 Å². The molecule has 7 nitrogen and oxygen atoms in total. The second kappa shape index (κ2) is 7.94. The monoisotopic (exact) mass is 435 g/mol. The number of benzene rings is 1. The van der Waals surface area contributed by atoms with Crippen LogP contribution < -0.4 is 0 Å². The lowest BCUT2D eigenvalue weighted by Crippen LogP contribution is -2.40. The molecule has 32 heavy (non-hydrogen) atoms. The maximum atomic E-state index is 12.8. The van der Waals surface area contributed by atoms with Gasteiger partial charge in [-0.15, -0.1) is 0 Å². The molecule has 4 rings (SSSR count). The first-order chi connectivity index (χ1) is 15.1. The van der Waals surface area contributed by atoms with E-state index in [1.54, 1.807) is 24.3 Å². The van der Waals surface area contributed by atoms with Crippen LogP contribution in [0.3, 0.4) is 0 Å². The Balaban J connectivity index is 1.67. The number of hydrogen-bond donors (Lipinski definition) is 0. The first-order valence-electron chi connectivity index (χ1n) is 10.7. The molecule has 1 unspecified atom stereocenters. The van der Waals surface area contributed by atoms with E-state index in [0.29, 0.717) is 36.0 Å². The van der Waals surface area contributed by atoms with Crippen LogP contribution in [0.1, 0.15) is 56.0 Å². The Kier molecular flexibility index (Phi) is 5.41. The number of carbonyl (C=O) groups excluding carboxylic acids is 3. The van der Waals surface area contributed by atoms with Crippen LogP contribution in [0.4, 0.5) is 0 Å². The molecule has 7 heteroatoms. The number of nitriles is 1. The lowest BCUT2D eigenvalue weighted by molar-refractivity contribution is -0.161. The van der Waals surface area contributed by atoms with Gasteiger partial charge in [0.05, 0.1) is 17.2 Å². The van der Waals surface area contributed by atoms with Crippen molar-refractivity contribution in [2.45, 2.75) is 57.8 Å². The van der Waals surface area contributed by atoms with E-state index >= 15 is 0 Å². The highest BCUT2D eigenvalue weighted by atomic mass is 16.6. The number of ether oxygens (including phenoxy) is 3. The predicted octanol–water partition coefficient (Wildman–Crippen LogP) is 3.63. The summed E-state index contributed by atoms with van der Waals surface area (Å²) in [6.45, 7) is 9.06. The Labute approximate surface area is 186 Å². The summed E-state index contributed by atoms with van der Waals surface area (Å²) in [5.74, 6) is -1.74. The highest BCUT2D eigenvalue weighted by molar-refractivity contribution is 5.91. The van der Waals surface area contributed by atoms with Crippen LogP contribution in [0.5, 0.6) is 0 Å². The molecule has 1 heterocycles. The third-order valence-electron chi connectivity index (χ3n) is 6.94. The van der Waals surface area contributed by atoms with E-state index in [1.807, 2.05) is 19.9 Å². The van der Waals surface area contributed by atoms with Crippen LogP contribution in [-0.2, 0) is 23.8 Å². The summed E-state index contributed by atoms with van der Waals surface area (Å²) in [6, 6.07) is 8.25. The van der Waals surface area contributed by atoms with Crippen molar-refractivity contribution in [2.75, 3.05) is 0 Å². The van der Waals surface area contributed by atoms with Crippen molar-refractivity contribution in [1.82, 2.24) is 0 Å². The minimum absolute atomic E-state index is 0.194. The molecule has 0 amide bonds. The van der Waals surface area contributed by atoms with Crippen molar-refractivity contribution < 1.29 is 28.6 Å². The Morgan fingerprint density at radius 3 is 2.59 bits per heavy atom. The Bertz CT molecular complexity index is 1080. The fourth-order valence-corrected chi connectivity index (χ4v) is 5.27. The van der Waals surface area contributed by atoms with Gasteiger partial charge in [-0.25, -0.2) is 9.59 Å². The van der Waals surface area contributed by atoms with Crippen molar-refractivity contribution in [2.24, 2.45) is 11.8 Å². The molecule has 166 valence electrons. The molecule has 1 aliphatic heterocycles. The smallest absolute Gasteiger partial charge is 0.338 e. The number of hydrogen-bond acceptors (Lipinski definition) is 7. The summed E-state index contributed by atoms with van der Waals surface area (Å²) in [4.78, 5) is 36.9. The second-order valence-corrected chi connectivity index (χ2v) is 8.91. The van der Waals surface area contributed by atoms with E-state index in [4.69, 9.17) is 19.5 Å². The van der Waals surface area contributed by atoms with Gasteiger partial charge in [0.2, 0.25) is 0 Å². The molecule has 0 N–H and O–H groups in total. The molecule has 5 atom stereocenters. The average molecular weight is 435 g/mol. The highest BCUT2D eigenvalue weighted by Crippen LogP contribution is 2.53. The molecular formula is C25H25NO6. The number of carbonyl (C=O) groups is 3. The van der Waals surface area contributed by atoms with Crippen LogP contribution in [0.15, 0.2) is 47.6 Å². The van der Waals surface area contributed by atoms with Gasteiger partial charge >= 0.3 is 17.9 Å². The third kappa shape index (κ3) is 3.60. The molecule has 1 saturated carbocycles. The first-order valence-corrected chi connectivity index (χ1v) is 10.7. The minimum atomic E-state index is -0.810. The van der Waals surface area contributed by atoms with Gasteiger partial charge in [0.15, 0.2) is 0 Å². The minimum Gasteiger partial charge on any atom is -0.459 e. The van der Waals surface area contributed by atoms with E-state index in [1.165, 1.54) is 6.92 Å². The van der Waals surface area contributed by atoms with Crippen molar-refractivity contribution in [3.63, 3.8) is 0 Å². The Hall–Kier alpha value is -3.40. The van der Waals surface area contributed by atoms with Crippen molar-refractivity contribution in [3.8, 4) is 6.07 Å². The molecule has 2 aliphatic carbocycles. The first kappa shape index (κ1) is 21.8. The molecule has 1 aromatic rings. The topological polar surface area (TPSA) is 103 Å². The average Bonchev–Trinajstić information content (AvgIpc) is 3.18. The van der Waals surface area contributed by atoms with Crippen molar-refractivity contribution >= 4 is 17.9 Å². The normalized spacial score (nSPS) is 31.2. The van der Waals surface area contributed by atoms with Gasteiger partial charge in [0.25, 0.3) is 0 Å². The Morgan fingerprint density at radius 2 is 1.97 bits per heavy atom. The fraction of sp³-hybridized carbons (Fsp3) is 0.440. The van der Waals surface area contributed by atoms with Gasteiger partial charge in [0, 0.05) is 24.3 Å². The summed E-state index contributed by atoms with van der Waals surface area (Å²) in [7, 11) is 0. The van der Waals surface area contributed by atoms with E-state index in [2.05, 4.69) is 6.58 Å². The van der Waals surface area contributed by atoms with Crippen LogP contribution >= 0.6 is 0 Å². The second-order valence-electron chi connectivity index (χ2n) is 8.91. The number of rotatable bonds is 3. The third-order valence-corrected chi connectivity index (χ3v) is 6.94. The summed E-state index contributed by atoms with van der Waals surface area (Å²) >= 11 is 0. The van der Waals surface area contributed by atoms with Crippen LogP contribution in [0.25, 0.3) is 0 Å². The lowest BCUT2D eigenvalue weighted by Gasteiger charge is -2.35. The molecule has 0 spiro atoms. The molecule has 0 bridgehead atoms. The highest BCUT2D eigenvalue weighted by Gasteiger charge is 2.56. The van der Waals surface area contributed by atoms with Gasteiger partial charge in [0.1, 0.15) is 17.8 Å². The van der Waals surface area contributed by atoms with Gasteiger partial charge in [-0.05, 0) is 68.5 Å². The summed E-state index contributed by atoms with van der Waals surface area (Å²) < 4.78 is 17.3. The zero-order valence-electron chi connectivity index (χ0n) is 18.3. The summed E-state index contributed by atoms with van der Waals surface area (Å²) in [6.07, 6.45) is 0.555. The lowest BCUT2D eigenvalue weighted by atomic mass is 9.81. The van der Waals surface area contributed by atoms with Gasteiger partial charge in [-0.2, -0.15) is 5.26 Å². The number of fused-ring (bicyclic) bond motifs is 3. The number of nitrogens with zero attached hydrogens (tertiary/aromatic N) is 1.